The maximum absolute atomic E-state index is 13.2. The Morgan fingerprint density at radius 2 is 1.62 bits per heavy atom. The maximum Gasteiger partial charge on any atom is 0.338 e. The van der Waals surface area contributed by atoms with Crippen LogP contribution in [-0.4, -0.2) is 26.8 Å². The van der Waals surface area contributed by atoms with E-state index in [1.807, 2.05) is 30.3 Å². The molecule has 0 aliphatic carbocycles. The van der Waals surface area contributed by atoms with Gasteiger partial charge < -0.3 is 4.74 Å². The van der Waals surface area contributed by atoms with Crippen molar-refractivity contribution < 1.29 is 22.7 Å². The lowest BCUT2D eigenvalue weighted by atomic mass is 9.93. The van der Waals surface area contributed by atoms with Crippen molar-refractivity contribution in [3.05, 3.63) is 83.4 Å². The van der Waals surface area contributed by atoms with Gasteiger partial charge in [0.2, 0.25) is 9.26 Å². The Bertz CT molecular complexity index is 1280. The maximum atomic E-state index is 13.2. The molecular weight excluding hydrogens is 408 g/mol. The zero-order chi connectivity index (χ0) is 20.5. The molecular formula is C22H16O5S2. The first kappa shape index (κ1) is 19.3. The van der Waals surface area contributed by atoms with Gasteiger partial charge in [0.05, 0.1) is 17.7 Å². The van der Waals surface area contributed by atoms with Crippen LogP contribution < -0.4 is 0 Å². The first-order valence-corrected chi connectivity index (χ1v) is 11.7. The van der Waals surface area contributed by atoms with Gasteiger partial charge in [-0.05, 0) is 51.8 Å². The van der Waals surface area contributed by atoms with E-state index in [1.165, 1.54) is 0 Å². The minimum atomic E-state index is -2.51. The van der Waals surface area contributed by atoms with Crippen molar-refractivity contribution in [3.63, 3.8) is 0 Å². The van der Waals surface area contributed by atoms with E-state index in [9.17, 15) is 18.0 Å². The lowest BCUT2D eigenvalue weighted by molar-refractivity contribution is 0.0523. The van der Waals surface area contributed by atoms with E-state index in [-0.39, 0.29) is 23.5 Å². The molecule has 5 nitrogen and oxygen atoms in total. The van der Waals surface area contributed by atoms with Gasteiger partial charge in [0.15, 0.2) is 5.78 Å². The number of hydrogen-bond acceptors (Lipinski definition) is 5. The van der Waals surface area contributed by atoms with E-state index in [1.54, 1.807) is 43.3 Å². The highest BCUT2D eigenvalue weighted by atomic mass is 32.9. The molecule has 1 unspecified atom stereocenters. The third-order valence-corrected chi connectivity index (χ3v) is 8.24. The molecule has 1 atom stereocenters. The topological polar surface area (TPSA) is 77.5 Å². The molecule has 3 aromatic carbocycles. The Balaban J connectivity index is 2.11. The molecule has 1 heterocycles. The fraction of sp³-hybridized carbons (Fsp3) is 0.0909. The van der Waals surface area contributed by atoms with E-state index < -0.39 is 24.7 Å². The summed E-state index contributed by atoms with van der Waals surface area (Å²) in [4.78, 5) is 26.7. The van der Waals surface area contributed by atoms with Gasteiger partial charge in [-0.2, -0.15) is 8.42 Å². The van der Waals surface area contributed by atoms with E-state index in [0.29, 0.717) is 20.9 Å². The zero-order valence-electron chi connectivity index (χ0n) is 15.4. The SMILES string of the molecule is CCOC(=O)c1cc(-c2ccccc2)cc2c1C(=O)c1ccccc1S2=S(=O)=O. The lowest BCUT2D eigenvalue weighted by Crippen LogP contribution is -2.21. The van der Waals surface area contributed by atoms with Crippen molar-refractivity contribution >= 4 is 30.5 Å². The predicted octanol–water partition coefficient (Wildman–Crippen LogP) is 3.91. The van der Waals surface area contributed by atoms with Crippen molar-refractivity contribution in [1.82, 2.24) is 0 Å². The van der Waals surface area contributed by atoms with Crippen LogP contribution in [0.15, 0.2) is 76.5 Å². The number of rotatable bonds is 3. The minimum absolute atomic E-state index is 0.0886. The standard InChI is InChI=1S/C22H16O5S2/c1-2-27-22(24)17-12-15(14-8-4-3-5-9-14)13-19-20(17)21(23)16-10-6-7-11-18(16)28(19)29(25)26/h3-13H,2H2,1H3. The number of carbonyl (C=O) groups is 2. The largest absolute Gasteiger partial charge is 0.462 e. The molecule has 0 bridgehead atoms. The summed E-state index contributed by atoms with van der Waals surface area (Å²) in [6.45, 7) is 1.83. The van der Waals surface area contributed by atoms with Crippen LogP contribution >= 0.6 is 0 Å². The number of benzene rings is 3. The molecule has 29 heavy (non-hydrogen) atoms. The van der Waals surface area contributed by atoms with E-state index >= 15 is 0 Å². The molecule has 0 amide bonds. The first-order valence-electron chi connectivity index (χ1n) is 8.91. The molecule has 1 aliphatic heterocycles. The number of ketones is 1. The van der Waals surface area contributed by atoms with Crippen molar-refractivity contribution in [2.45, 2.75) is 16.7 Å². The Kier molecular flexibility index (Phi) is 5.17. The molecule has 0 fully saturated rings. The summed E-state index contributed by atoms with van der Waals surface area (Å²) in [5.41, 5.74) is 1.96. The summed E-state index contributed by atoms with van der Waals surface area (Å²) in [6.07, 6.45) is 0. The molecule has 0 saturated carbocycles. The quantitative estimate of drug-likeness (QED) is 0.466. The van der Waals surface area contributed by atoms with Crippen LogP contribution in [-0.2, 0) is 23.5 Å². The number of ether oxygens (including phenoxy) is 1. The van der Waals surface area contributed by atoms with E-state index in [4.69, 9.17) is 4.74 Å². The van der Waals surface area contributed by atoms with Gasteiger partial charge in [-0.3, -0.25) is 4.79 Å². The third kappa shape index (κ3) is 3.32. The van der Waals surface area contributed by atoms with Crippen molar-refractivity contribution in [2.24, 2.45) is 0 Å². The minimum Gasteiger partial charge on any atom is -0.462 e. The van der Waals surface area contributed by atoms with Gasteiger partial charge in [-0.15, -0.1) is 0 Å². The van der Waals surface area contributed by atoms with E-state index in [0.717, 1.165) is 5.56 Å². The molecule has 0 spiro atoms. The van der Waals surface area contributed by atoms with Gasteiger partial charge in [-0.1, -0.05) is 42.5 Å². The van der Waals surface area contributed by atoms with Gasteiger partial charge in [0, 0.05) is 15.4 Å². The summed E-state index contributed by atoms with van der Waals surface area (Å²) in [5.74, 6) is -1.01. The average Bonchev–Trinajstić information content (AvgIpc) is 2.73. The van der Waals surface area contributed by atoms with Gasteiger partial charge in [0.25, 0.3) is 0 Å². The number of hydrogen-bond donors (Lipinski definition) is 0. The van der Waals surface area contributed by atoms with Crippen LogP contribution in [0.4, 0.5) is 0 Å². The highest BCUT2D eigenvalue weighted by Crippen LogP contribution is 2.37. The Morgan fingerprint density at radius 1 is 0.931 bits per heavy atom. The molecule has 0 aromatic heterocycles. The molecule has 146 valence electrons. The second-order valence-corrected chi connectivity index (χ2v) is 9.92. The van der Waals surface area contributed by atoms with Crippen molar-refractivity contribution in [1.29, 1.82) is 0 Å². The molecule has 0 saturated heterocycles. The summed E-state index contributed by atoms with van der Waals surface area (Å²) in [5, 5.41) is 0. The fourth-order valence-corrected chi connectivity index (χ4v) is 6.80. The molecule has 4 rings (SSSR count). The zero-order valence-corrected chi connectivity index (χ0v) is 17.0. The summed E-state index contributed by atoms with van der Waals surface area (Å²) >= 11 is 0. The smallest absolute Gasteiger partial charge is 0.338 e. The highest BCUT2D eigenvalue weighted by molar-refractivity contribution is 8.34. The number of esters is 1. The van der Waals surface area contributed by atoms with Crippen LogP contribution in [0, 0.1) is 0 Å². The number of carbonyl (C=O) groups excluding carboxylic acids is 2. The second-order valence-electron chi connectivity index (χ2n) is 6.28. The molecule has 0 N–H and O–H groups in total. The third-order valence-electron chi connectivity index (χ3n) is 4.60. The predicted molar refractivity (Wildman–Crippen MR) is 111 cm³/mol. The van der Waals surface area contributed by atoms with Crippen LogP contribution in [0.5, 0.6) is 0 Å². The summed E-state index contributed by atoms with van der Waals surface area (Å²) in [7, 11) is -3.90. The van der Waals surface area contributed by atoms with E-state index in [2.05, 4.69) is 0 Å². The summed E-state index contributed by atoms with van der Waals surface area (Å²) in [6, 6.07) is 19.2. The molecule has 0 radical (unpaired) electrons. The Morgan fingerprint density at radius 3 is 2.31 bits per heavy atom. The Labute approximate surface area is 171 Å². The molecule has 3 aromatic rings. The van der Waals surface area contributed by atoms with Gasteiger partial charge in [0.1, 0.15) is 0 Å². The van der Waals surface area contributed by atoms with Crippen molar-refractivity contribution in [3.8, 4) is 11.1 Å². The van der Waals surface area contributed by atoms with Crippen LogP contribution in [0.1, 0.15) is 33.2 Å². The fourth-order valence-electron chi connectivity index (χ4n) is 3.38. The van der Waals surface area contributed by atoms with Crippen LogP contribution in [0.2, 0.25) is 0 Å². The van der Waals surface area contributed by atoms with Crippen LogP contribution in [0.25, 0.3) is 11.1 Å². The molecule has 7 heteroatoms. The first-order chi connectivity index (χ1) is 14.0. The van der Waals surface area contributed by atoms with Crippen LogP contribution in [0.3, 0.4) is 0 Å². The van der Waals surface area contributed by atoms with Gasteiger partial charge >= 0.3 is 5.97 Å². The van der Waals surface area contributed by atoms with Gasteiger partial charge in [-0.25, -0.2) is 4.79 Å². The Hall–Kier alpha value is -3.03. The van der Waals surface area contributed by atoms with Crippen molar-refractivity contribution in [2.75, 3.05) is 6.61 Å². The lowest BCUT2D eigenvalue weighted by Gasteiger charge is -2.22. The number of fused-ring (bicyclic) bond motifs is 2. The summed E-state index contributed by atoms with van der Waals surface area (Å²) < 4.78 is 29.6. The average molecular weight is 424 g/mol. The normalized spacial score (nSPS) is 14.7. The second kappa shape index (κ2) is 7.77. The molecule has 1 aliphatic rings. The monoisotopic (exact) mass is 424 g/mol. The highest BCUT2D eigenvalue weighted by Gasteiger charge is 2.33.